The standard InChI is InChI=1S/C13H16O2/c1-4-15-13-9(2)7-10-5-6-11(14-3)8-12(10)13/h5-6,8H,4,7H2,1-3H3. The molecule has 0 aromatic heterocycles. The number of allylic oxidation sites excluding steroid dienone is 1. The predicted molar refractivity (Wildman–Crippen MR) is 60.9 cm³/mol. The number of ether oxygens (including phenoxy) is 2. The molecule has 1 aliphatic rings. The Labute approximate surface area is 90.5 Å². The Morgan fingerprint density at radius 3 is 2.80 bits per heavy atom. The number of rotatable bonds is 3. The number of hydrogen-bond acceptors (Lipinski definition) is 2. The third-order valence-corrected chi connectivity index (χ3v) is 2.69. The molecule has 0 aliphatic heterocycles. The van der Waals surface area contributed by atoms with Crippen molar-refractivity contribution in [1.29, 1.82) is 0 Å². The summed E-state index contributed by atoms with van der Waals surface area (Å²) < 4.78 is 10.9. The average Bonchev–Trinajstić information content (AvgIpc) is 2.55. The molecule has 0 bridgehead atoms. The SMILES string of the molecule is CCOC1=C(C)Cc2ccc(OC)cc21. The second kappa shape index (κ2) is 3.97. The first-order chi connectivity index (χ1) is 7.26. The highest BCUT2D eigenvalue weighted by molar-refractivity contribution is 5.72. The van der Waals surface area contributed by atoms with Gasteiger partial charge in [0, 0.05) is 5.56 Å². The van der Waals surface area contributed by atoms with E-state index in [1.54, 1.807) is 7.11 Å². The van der Waals surface area contributed by atoms with Gasteiger partial charge in [-0.15, -0.1) is 0 Å². The summed E-state index contributed by atoms with van der Waals surface area (Å²) >= 11 is 0. The maximum atomic E-state index is 5.67. The van der Waals surface area contributed by atoms with E-state index in [4.69, 9.17) is 9.47 Å². The second-order valence-corrected chi connectivity index (χ2v) is 3.74. The average molecular weight is 204 g/mol. The van der Waals surface area contributed by atoms with Gasteiger partial charge in [0.2, 0.25) is 0 Å². The zero-order chi connectivity index (χ0) is 10.8. The molecule has 2 rings (SSSR count). The van der Waals surface area contributed by atoms with Gasteiger partial charge in [0.1, 0.15) is 11.5 Å². The van der Waals surface area contributed by atoms with Gasteiger partial charge in [0.25, 0.3) is 0 Å². The molecular formula is C13H16O2. The van der Waals surface area contributed by atoms with Crippen molar-refractivity contribution in [3.8, 4) is 5.75 Å². The molecule has 15 heavy (non-hydrogen) atoms. The molecule has 0 saturated carbocycles. The fourth-order valence-corrected chi connectivity index (χ4v) is 1.99. The fourth-order valence-electron chi connectivity index (χ4n) is 1.99. The van der Waals surface area contributed by atoms with Crippen LogP contribution in [0.1, 0.15) is 25.0 Å². The van der Waals surface area contributed by atoms with E-state index >= 15 is 0 Å². The predicted octanol–water partition coefficient (Wildman–Crippen LogP) is 3.02. The summed E-state index contributed by atoms with van der Waals surface area (Å²) in [7, 11) is 1.69. The van der Waals surface area contributed by atoms with E-state index in [1.165, 1.54) is 16.7 Å². The van der Waals surface area contributed by atoms with Crippen LogP contribution in [0.25, 0.3) is 5.76 Å². The van der Waals surface area contributed by atoms with Crippen molar-refractivity contribution in [3.05, 3.63) is 34.9 Å². The molecule has 0 amide bonds. The summed E-state index contributed by atoms with van der Waals surface area (Å²) in [6.07, 6.45) is 0.995. The molecule has 0 unspecified atom stereocenters. The third-order valence-electron chi connectivity index (χ3n) is 2.69. The van der Waals surface area contributed by atoms with Gasteiger partial charge < -0.3 is 9.47 Å². The van der Waals surface area contributed by atoms with Crippen molar-refractivity contribution >= 4 is 5.76 Å². The molecule has 1 aromatic carbocycles. The van der Waals surface area contributed by atoms with Gasteiger partial charge in [-0.05, 0) is 43.5 Å². The zero-order valence-corrected chi connectivity index (χ0v) is 9.46. The molecule has 0 N–H and O–H groups in total. The van der Waals surface area contributed by atoms with Crippen molar-refractivity contribution in [2.45, 2.75) is 20.3 Å². The van der Waals surface area contributed by atoms with Crippen LogP contribution < -0.4 is 4.74 Å². The highest BCUT2D eigenvalue weighted by Gasteiger charge is 2.20. The first-order valence-corrected chi connectivity index (χ1v) is 5.26. The van der Waals surface area contributed by atoms with Gasteiger partial charge in [0.15, 0.2) is 0 Å². The lowest BCUT2D eigenvalue weighted by Gasteiger charge is -2.08. The molecule has 0 fully saturated rings. The van der Waals surface area contributed by atoms with Gasteiger partial charge >= 0.3 is 0 Å². The molecule has 80 valence electrons. The van der Waals surface area contributed by atoms with Crippen molar-refractivity contribution < 1.29 is 9.47 Å². The Morgan fingerprint density at radius 1 is 1.33 bits per heavy atom. The highest BCUT2D eigenvalue weighted by Crippen LogP contribution is 2.35. The Balaban J connectivity index is 2.41. The molecule has 0 radical (unpaired) electrons. The summed E-state index contributed by atoms with van der Waals surface area (Å²) in [5, 5.41) is 0. The van der Waals surface area contributed by atoms with E-state index in [9.17, 15) is 0 Å². The Kier molecular flexibility index (Phi) is 2.67. The quantitative estimate of drug-likeness (QED) is 0.753. The highest BCUT2D eigenvalue weighted by atomic mass is 16.5. The zero-order valence-electron chi connectivity index (χ0n) is 9.46. The Morgan fingerprint density at radius 2 is 2.13 bits per heavy atom. The maximum absolute atomic E-state index is 5.67. The largest absolute Gasteiger partial charge is 0.497 e. The van der Waals surface area contributed by atoms with Crippen LogP contribution in [0.4, 0.5) is 0 Å². The molecule has 1 aliphatic carbocycles. The number of hydrogen-bond donors (Lipinski definition) is 0. The minimum absolute atomic E-state index is 0.712. The normalized spacial score (nSPS) is 14.1. The summed E-state index contributed by atoms with van der Waals surface area (Å²) in [6.45, 7) is 4.85. The molecule has 1 aromatic rings. The van der Waals surface area contributed by atoms with Crippen LogP contribution in [0.15, 0.2) is 23.8 Å². The van der Waals surface area contributed by atoms with E-state index in [2.05, 4.69) is 19.1 Å². The van der Waals surface area contributed by atoms with Gasteiger partial charge in [-0.1, -0.05) is 6.07 Å². The molecular weight excluding hydrogens is 188 g/mol. The molecule has 0 atom stereocenters. The van der Waals surface area contributed by atoms with Crippen LogP contribution >= 0.6 is 0 Å². The molecule has 0 saturated heterocycles. The second-order valence-electron chi connectivity index (χ2n) is 3.74. The van der Waals surface area contributed by atoms with E-state index in [-0.39, 0.29) is 0 Å². The van der Waals surface area contributed by atoms with Gasteiger partial charge in [0.05, 0.1) is 13.7 Å². The summed E-state index contributed by atoms with van der Waals surface area (Å²) in [4.78, 5) is 0. The van der Waals surface area contributed by atoms with Crippen molar-refractivity contribution in [3.63, 3.8) is 0 Å². The Hall–Kier alpha value is -1.44. The molecule has 2 nitrogen and oxygen atoms in total. The molecule has 0 spiro atoms. The smallest absolute Gasteiger partial charge is 0.126 e. The minimum Gasteiger partial charge on any atom is -0.497 e. The lowest BCUT2D eigenvalue weighted by atomic mass is 10.1. The number of methoxy groups -OCH3 is 1. The third kappa shape index (κ3) is 1.72. The topological polar surface area (TPSA) is 18.5 Å². The van der Waals surface area contributed by atoms with Crippen LogP contribution in [-0.4, -0.2) is 13.7 Å². The Bertz CT molecular complexity index is 405. The van der Waals surface area contributed by atoms with Crippen LogP contribution in [0.3, 0.4) is 0 Å². The summed E-state index contributed by atoms with van der Waals surface area (Å²) in [5.74, 6) is 1.92. The molecule has 2 heteroatoms. The van der Waals surface area contributed by atoms with Gasteiger partial charge in [-0.2, -0.15) is 0 Å². The first-order valence-electron chi connectivity index (χ1n) is 5.26. The number of benzene rings is 1. The lowest BCUT2D eigenvalue weighted by molar-refractivity contribution is 0.296. The maximum Gasteiger partial charge on any atom is 0.126 e. The monoisotopic (exact) mass is 204 g/mol. The summed E-state index contributed by atoms with van der Waals surface area (Å²) in [6, 6.07) is 6.17. The van der Waals surface area contributed by atoms with Crippen molar-refractivity contribution in [2.24, 2.45) is 0 Å². The van der Waals surface area contributed by atoms with Gasteiger partial charge in [-0.25, -0.2) is 0 Å². The van der Waals surface area contributed by atoms with E-state index in [0.717, 1.165) is 17.9 Å². The molecule has 0 heterocycles. The van der Waals surface area contributed by atoms with Gasteiger partial charge in [-0.3, -0.25) is 0 Å². The van der Waals surface area contributed by atoms with Crippen molar-refractivity contribution in [1.82, 2.24) is 0 Å². The minimum atomic E-state index is 0.712. The first kappa shape index (κ1) is 10.1. The lowest BCUT2D eigenvalue weighted by Crippen LogP contribution is -1.92. The fraction of sp³-hybridized carbons (Fsp3) is 0.385. The van der Waals surface area contributed by atoms with Crippen LogP contribution in [-0.2, 0) is 11.2 Å². The van der Waals surface area contributed by atoms with Crippen LogP contribution in [0, 0.1) is 0 Å². The summed E-state index contributed by atoms with van der Waals surface area (Å²) in [5.41, 5.74) is 3.82. The van der Waals surface area contributed by atoms with Crippen LogP contribution in [0.5, 0.6) is 5.75 Å². The number of fused-ring (bicyclic) bond motifs is 1. The van der Waals surface area contributed by atoms with Crippen LogP contribution in [0.2, 0.25) is 0 Å². The van der Waals surface area contributed by atoms with E-state index < -0.39 is 0 Å². The van der Waals surface area contributed by atoms with E-state index in [0.29, 0.717) is 6.61 Å². The van der Waals surface area contributed by atoms with E-state index in [1.807, 2.05) is 13.0 Å². The van der Waals surface area contributed by atoms with Crippen molar-refractivity contribution in [2.75, 3.05) is 13.7 Å².